The molecule has 0 aromatic rings. The zero-order valence-corrected chi connectivity index (χ0v) is 11.4. The van der Waals surface area contributed by atoms with Crippen LogP contribution in [-0.4, -0.2) is 41.3 Å². The highest BCUT2D eigenvalue weighted by Gasteiger charge is 2.30. The minimum atomic E-state index is -0.346. The van der Waals surface area contributed by atoms with Gasteiger partial charge in [0.2, 0.25) is 0 Å². The number of amides is 2. The topological polar surface area (TPSA) is 52.6 Å². The summed E-state index contributed by atoms with van der Waals surface area (Å²) in [4.78, 5) is 13.9. The first-order chi connectivity index (χ1) is 8.68. The van der Waals surface area contributed by atoms with Gasteiger partial charge in [-0.1, -0.05) is 32.1 Å². The van der Waals surface area contributed by atoms with Crippen molar-refractivity contribution < 1.29 is 9.90 Å². The SMILES string of the molecule is CN(C(=O)NC1CCCCC1)C1CCCCC1O. The van der Waals surface area contributed by atoms with E-state index in [1.54, 1.807) is 4.90 Å². The number of nitrogens with zero attached hydrogens (tertiary/aromatic N) is 1. The first kappa shape index (κ1) is 13.7. The summed E-state index contributed by atoms with van der Waals surface area (Å²) in [7, 11) is 1.82. The minimum Gasteiger partial charge on any atom is -0.391 e. The molecular formula is C14H26N2O2. The van der Waals surface area contributed by atoms with Gasteiger partial charge in [0, 0.05) is 13.1 Å². The first-order valence-electron chi connectivity index (χ1n) is 7.40. The van der Waals surface area contributed by atoms with E-state index in [2.05, 4.69) is 5.32 Å². The Hall–Kier alpha value is -0.770. The highest BCUT2D eigenvalue weighted by Crippen LogP contribution is 2.23. The van der Waals surface area contributed by atoms with Crippen LogP contribution in [0.25, 0.3) is 0 Å². The fourth-order valence-corrected chi connectivity index (χ4v) is 3.22. The smallest absolute Gasteiger partial charge is 0.317 e. The van der Waals surface area contributed by atoms with E-state index in [4.69, 9.17) is 0 Å². The molecule has 0 spiro atoms. The van der Waals surface area contributed by atoms with Crippen LogP contribution in [0.4, 0.5) is 4.79 Å². The van der Waals surface area contributed by atoms with Crippen molar-refractivity contribution in [2.45, 2.75) is 76.0 Å². The average Bonchev–Trinajstić information content (AvgIpc) is 2.39. The van der Waals surface area contributed by atoms with Crippen LogP contribution < -0.4 is 5.32 Å². The minimum absolute atomic E-state index is 0.00217. The van der Waals surface area contributed by atoms with Crippen LogP contribution in [0.2, 0.25) is 0 Å². The van der Waals surface area contributed by atoms with Crippen LogP contribution in [0, 0.1) is 0 Å². The van der Waals surface area contributed by atoms with Crippen molar-refractivity contribution in [1.82, 2.24) is 10.2 Å². The number of carbonyl (C=O) groups is 1. The Morgan fingerprint density at radius 2 is 1.67 bits per heavy atom. The highest BCUT2D eigenvalue weighted by atomic mass is 16.3. The molecule has 0 saturated heterocycles. The van der Waals surface area contributed by atoms with Gasteiger partial charge in [-0.25, -0.2) is 4.79 Å². The summed E-state index contributed by atoms with van der Waals surface area (Å²) in [5.74, 6) is 0. The second-order valence-corrected chi connectivity index (χ2v) is 5.81. The van der Waals surface area contributed by atoms with E-state index >= 15 is 0 Å². The van der Waals surface area contributed by atoms with Crippen LogP contribution in [0.3, 0.4) is 0 Å². The van der Waals surface area contributed by atoms with Crippen LogP contribution in [0.1, 0.15) is 57.8 Å². The van der Waals surface area contributed by atoms with E-state index in [1.807, 2.05) is 7.05 Å². The fraction of sp³-hybridized carbons (Fsp3) is 0.929. The standard InChI is InChI=1S/C14H26N2O2/c1-16(12-9-5-6-10-13(12)17)14(18)15-11-7-3-2-4-8-11/h11-13,17H,2-10H2,1H3,(H,15,18). The maximum absolute atomic E-state index is 12.2. The largest absolute Gasteiger partial charge is 0.391 e. The van der Waals surface area contributed by atoms with Gasteiger partial charge in [-0.3, -0.25) is 0 Å². The van der Waals surface area contributed by atoms with Gasteiger partial charge < -0.3 is 15.3 Å². The van der Waals surface area contributed by atoms with Crippen LogP contribution >= 0.6 is 0 Å². The first-order valence-corrected chi connectivity index (χ1v) is 7.40. The van der Waals surface area contributed by atoms with Crippen molar-refractivity contribution >= 4 is 6.03 Å². The molecule has 2 aliphatic carbocycles. The number of rotatable bonds is 2. The Kier molecular flexibility index (Phi) is 4.87. The molecule has 18 heavy (non-hydrogen) atoms. The number of urea groups is 1. The lowest BCUT2D eigenvalue weighted by Gasteiger charge is -2.36. The van der Waals surface area contributed by atoms with Gasteiger partial charge in [0.05, 0.1) is 12.1 Å². The summed E-state index contributed by atoms with van der Waals surface area (Å²) in [5.41, 5.74) is 0. The Labute approximate surface area is 110 Å². The maximum Gasteiger partial charge on any atom is 0.317 e. The molecule has 2 saturated carbocycles. The number of hydrogen-bond donors (Lipinski definition) is 2. The molecule has 2 atom stereocenters. The van der Waals surface area contributed by atoms with E-state index in [9.17, 15) is 9.90 Å². The number of likely N-dealkylation sites (N-methyl/N-ethyl adjacent to an activating group) is 1. The van der Waals surface area contributed by atoms with E-state index in [0.717, 1.165) is 38.5 Å². The molecule has 0 aromatic heterocycles. The third-order valence-electron chi connectivity index (χ3n) is 4.44. The zero-order valence-electron chi connectivity index (χ0n) is 11.4. The molecule has 0 bridgehead atoms. The van der Waals surface area contributed by atoms with Crippen molar-refractivity contribution in [2.24, 2.45) is 0 Å². The molecule has 4 nitrogen and oxygen atoms in total. The Bertz CT molecular complexity index is 277. The van der Waals surface area contributed by atoms with Crippen LogP contribution in [0.5, 0.6) is 0 Å². The van der Waals surface area contributed by atoms with Gasteiger partial charge in [-0.15, -0.1) is 0 Å². The van der Waals surface area contributed by atoms with E-state index in [0.29, 0.717) is 6.04 Å². The molecule has 0 aliphatic heterocycles. The second kappa shape index (κ2) is 6.41. The number of aliphatic hydroxyl groups excluding tert-OH is 1. The third-order valence-corrected chi connectivity index (χ3v) is 4.44. The monoisotopic (exact) mass is 254 g/mol. The summed E-state index contributed by atoms with van der Waals surface area (Å²) in [6.45, 7) is 0. The zero-order chi connectivity index (χ0) is 13.0. The third kappa shape index (κ3) is 3.37. The molecule has 2 amide bonds. The second-order valence-electron chi connectivity index (χ2n) is 5.81. The summed E-state index contributed by atoms with van der Waals surface area (Å²) < 4.78 is 0. The van der Waals surface area contributed by atoms with Crippen molar-refractivity contribution in [3.05, 3.63) is 0 Å². The van der Waals surface area contributed by atoms with Crippen molar-refractivity contribution in [3.63, 3.8) is 0 Å². The summed E-state index contributed by atoms with van der Waals surface area (Å²) in [5, 5.41) is 13.1. The lowest BCUT2D eigenvalue weighted by molar-refractivity contribution is 0.0456. The quantitative estimate of drug-likeness (QED) is 0.794. The molecule has 0 aromatic carbocycles. The summed E-state index contributed by atoms with van der Waals surface area (Å²) in [6.07, 6.45) is 9.55. The lowest BCUT2D eigenvalue weighted by Crippen LogP contribution is -2.52. The van der Waals surface area contributed by atoms with Gasteiger partial charge in [-0.2, -0.15) is 0 Å². The molecule has 2 aliphatic rings. The molecule has 0 radical (unpaired) electrons. The summed E-state index contributed by atoms with van der Waals surface area (Å²) >= 11 is 0. The Morgan fingerprint density at radius 1 is 1.06 bits per heavy atom. The van der Waals surface area contributed by atoms with E-state index in [-0.39, 0.29) is 18.2 Å². The Morgan fingerprint density at radius 3 is 2.33 bits per heavy atom. The van der Waals surface area contributed by atoms with Crippen LogP contribution in [0.15, 0.2) is 0 Å². The fourth-order valence-electron chi connectivity index (χ4n) is 3.22. The normalized spacial score (nSPS) is 29.9. The molecule has 2 unspecified atom stereocenters. The van der Waals surface area contributed by atoms with Gasteiger partial charge >= 0.3 is 6.03 Å². The molecule has 104 valence electrons. The van der Waals surface area contributed by atoms with Gasteiger partial charge in [-0.05, 0) is 25.7 Å². The number of aliphatic hydroxyl groups is 1. The van der Waals surface area contributed by atoms with Gasteiger partial charge in [0.1, 0.15) is 0 Å². The average molecular weight is 254 g/mol. The van der Waals surface area contributed by atoms with Crippen molar-refractivity contribution in [2.75, 3.05) is 7.05 Å². The van der Waals surface area contributed by atoms with Gasteiger partial charge in [0.15, 0.2) is 0 Å². The molecule has 0 heterocycles. The molecule has 4 heteroatoms. The predicted octanol–water partition coefficient (Wildman–Crippen LogP) is 2.26. The van der Waals surface area contributed by atoms with Crippen molar-refractivity contribution in [3.8, 4) is 0 Å². The highest BCUT2D eigenvalue weighted by molar-refractivity contribution is 5.74. The predicted molar refractivity (Wildman–Crippen MR) is 71.4 cm³/mol. The van der Waals surface area contributed by atoms with E-state index in [1.165, 1.54) is 19.3 Å². The molecule has 2 rings (SSSR count). The molecule has 2 fully saturated rings. The maximum atomic E-state index is 12.2. The van der Waals surface area contributed by atoms with Crippen molar-refractivity contribution in [1.29, 1.82) is 0 Å². The number of carbonyl (C=O) groups excluding carboxylic acids is 1. The number of nitrogens with one attached hydrogen (secondary N) is 1. The number of hydrogen-bond acceptors (Lipinski definition) is 2. The van der Waals surface area contributed by atoms with Gasteiger partial charge in [0.25, 0.3) is 0 Å². The van der Waals surface area contributed by atoms with E-state index < -0.39 is 0 Å². The Balaban J connectivity index is 1.83. The van der Waals surface area contributed by atoms with Crippen LogP contribution in [-0.2, 0) is 0 Å². The lowest BCUT2D eigenvalue weighted by atomic mass is 9.91. The summed E-state index contributed by atoms with van der Waals surface area (Å²) in [6, 6.07) is 0.338. The molecular weight excluding hydrogens is 228 g/mol. The molecule has 2 N–H and O–H groups in total.